The molecule has 0 unspecified atom stereocenters. The van der Waals surface area contributed by atoms with Crippen LogP contribution in [0.25, 0.3) is 0 Å². The van der Waals surface area contributed by atoms with Crippen LogP contribution in [0, 0.1) is 0 Å². The van der Waals surface area contributed by atoms with Crippen LogP contribution >= 0.6 is 0 Å². The Morgan fingerprint density at radius 1 is 1.22 bits per heavy atom. The fraction of sp³-hybridized carbons (Fsp3) is 0.562. The SMILES string of the molecule is CCCC(=O)N1CCCN(S(=O)(=O)c2cccc(OC)c2)CC1. The Bertz CT molecular complexity index is 645. The molecule has 0 bridgehead atoms. The van der Waals surface area contributed by atoms with E-state index < -0.39 is 10.0 Å². The molecule has 1 heterocycles. The minimum absolute atomic E-state index is 0.105. The number of amides is 1. The number of carbonyl (C=O) groups is 1. The molecule has 1 amide bonds. The normalized spacial score (nSPS) is 16.9. The summed E-state index contributed by atoms with van der Waals surface area (Å²) in [6.07, 6.45) is 1.97. The van der Waals surface area contributed by atoms with Gasteiger partial charge in [0, 0.05) is 38.7 Å². The third-order valence-corrected chi connectivity index (χ3v) is 5.85. The van der Waals surface area contributed by atoms with Gasteiger partial charge in [0.25, 0.3) is 0 Å². The van der Waals surface area contributed by atoms with Gasteiger partial charge in [-0.25, -0.2) is 8.42 Å². The summed E-state index contributed by atoms with van der Waals surface area (Å²) in [5.74, 6) is 0.619. The summed E-state index contributed by atoms with van der Waals surface area (Å²) in [7, 11) is -2.06. The number of nitrogens with zero attached hydrogens (tertiary/aromatic N) is 2. The number of sulfonamides is 1. The first-order chi connectivity index (χ1) is 11.0. The van der Waals surface area contributed by atoms with Crippen molar-refractivity contribution in [3.05, 3.63) is 24.3 Å². The fourth-order valence-electron chi connectivity index (χ4n) is 2.67. The molecule has 1 fully saturated rings. The zero-order chi connectivity index (χ0) is 16.9. The topological polar surface area (TPSA) is 66.9 Å². The zero-order valence-electron chi connectivity index (χ0n) is 13.7. The van der Waals surface area contributed by atoms with E-state index in [-0.39, 0.29) is 10.8 Å². The number of carbonyl (C=O) groups excluding carboxylic acids is 1. The van der Waals surface area contributed by atoms with E-state index in [0.29, 0.717) is 44.8 Å². The lowest BCUT2D eigenvalue weighted by Gasteiger charge is -2.22. The first-order valence-corrected chi connectivity index (χ1v) is 9.35. The van der Waals surface area contributed by atoms with Gasteiger partial charge in [-0.15, -0.1) is 0 Å². The monoisotopic (exact) mass is 340 g/mol. The molecule has 1 aliphatic heterocycles. The Labute approximate surface area is 138 Å². The van der Waals surface area contributed by atoms with Crippen LogP contribution in [0.4, 0.5) is 0 Å². The van der Waals surface area contributed by atoms with Crippen molar-refractivity contribution in [1.29, 1.82) is 0 Å². The predicted molar refractivity (Wildman–Crippen MR) is 87.9 cm³/mol. The third-order valence-electron chi connectivity index (χ3n) is 3.95. The van der Waals surface area contributed by atoms with Gasteiger partial charge in [0.05, 0.1) is 12.0 Å². The molecule has 7 heteroatoms. The third kappa shape index (κ3) is 4.23. The summed E-state index contributed by atoms with van der Waals surface area (Å²) in [5.41, 5.74) is 0. The molecular formula is C16H24N2O4S. The molecule has 0 atom stereocenters. The molecule has 0 aliphatic carbocycles. The van der Waals surface area contributed by atoms with Crippen LogP contribution in [0.15, 0.2) is 29.2 Å². The molecule has 0 aromatic heterocycles. The van der Waals surface area contributed by atoms with Crippen LogP contribution in [0.2, 0.25) is 0 Å². The molecule has 1 aromatic carbocycles. The smallest absolute Gasteiger partial charge is 0.243 e. The van der Waals surface area contributed by atoms with Crippen LogP contribution in [-0.4, -0.2) is 56.8 Å². The van der Waals surface area contributed by atoms with Gasteiger partial charge in [0.2, 0.25) is 15.9 Å². The van der Waals surface area contributed by atoms with E-state index >= 15 is 0 Å². The maximum absolute atomic E-state index is 12.8. The molecule has 6 nitrogen and oxygen atoms in total. The Balaban J connectivity index is 2.13. The summed E-state index contributed by atoms with van der Waals surface area (Å²) in [5, 5.41) is 0. The summed E-state index contributed by atoms with van der Waals surface area (Å²) in [6.45, 7) is 3.78. The van der Waals surface area contributed by atoms with Crippen molar-refractivity contribution in [2.45, 2.75) is 31.1 Å². The molecular weight excluding hydrogens is 316 g/mol. The molecule has 0 spiro atoms. The van der Waals surface area contributed by atoms with E-state index in [9.17, 15) is 13.2 Å². The minimum Gasteiger partial charge on any atom is -0.497 e. The van der Waals surface area contributed by atoms with E-state index in [2.05, 4.69) is 0 Å². The van der Waals surface area contributed by atoms with Gasteiger partial charge in [-0.2, -0.15) is 4.31 Å². The highest BCUT2D eigenvalue weighted by atomic mass is 32.2. The predicted octanol–water partition coefficient (Wildman–Crippen LogP) is 1.72. The summed E-state index contributed by atoms with van der Waals surface area (Å²) >= 11 is 0. The van der Waals surface area contributed by atoms with Crippen molar-refractivity contribution >= 4 is 15.9 Å². The van der Waals surface area contributed by atoms with Crippen LogP contribution in [0.3, 0.4) is 0 Å². The number of rotatable bonds is 5. The Hall–Kier alpha value is -1.60. The molecule has 128 valence electrons. The van der Waals surface area contributed by atoms with Crippen molar-refractivity contribution in [1.82, 2.24) is 9.21 Å². The van der Waals surface area contributed by atoms with E-state index in [1.807, 2.05) is 6.92 Å². The quantitative estimate of drug-likeness (QED) is 0.818. The molecule has 0 saturated carbocycles. The van der Waals surface area contributed by atoms with Crippen molar-refractivity contribution in [2.75, 3.05) is 33.3 Å². The summed E-state index contributed by atoms with van der Waals surface area (Å²) < 4.78 is 32.1. The summed E-state index contributed by atoms with van der Waals surface area (Å²) in [4.78, 5) is 14.0. The maximum atomic E-state index is 12.8. The number of benzene rings is 1. The lowest BCUT2D eigenvalue weighted by atomic mass is 10.3. The highest BCUT2D eigenvalue weighted by molar-refractivity contribution is 7.89. The van der Waals surface area contributed by atoms with Gasteiger partial charge >= 0.3 is 0 Å². The van der Waals surface area contributed by atoms with Gasteiger partial charge < -0.3 is 9.64 Å². The van der Waals surface area contributed by atoms with Gasteiger partial charge in [-0.05, 0) is 25.0 Å². The van der Waals surface area contributed by atoms with Gasteiger partial charge in [-0.3, -0.25) is 4.79 Å². The molecule has 2 rings (SSSR count). The molecule has 0 radical (unpaired) electrons. The highest BCUT2D eigenvalue weighted by Gasteiger charge is 2.28. The first-order valence-electron chi connectivity index (χ1n) is 7.91. The van der Waals surface area contributed by atoms with E-state index in [0.717, 1.165) is 6.42 Å². The molecule has 1 aliphatic rings. The van der Waals surface area contributed by atoms with Crippen LogP contribution in [0.5, 0.6) is 5.75 Å². The van der Waals surface area contributed by atoms with E-state index in [4.69, 9.17) is 4.74 Å². The average Bonchev–Trinajstić information content (AvgIpc) is 2.81. The minimum atomic E-state index is -3.56. The lowest BCUT2D eigenvalue weighted by Crippen LogP contribution is -2.37. The van der Waals surface area contributed by atoms with Crippen LogP contribution in [0.1, 0.15) is 26.2 Å². The summed E-state index contributed by atoms with van der Waals surface area (Å²) in [6, 6.07) is 6.48. The highest BCUT2D eigenvalue weighted by Crippen LogP contribution is 2.22. The van der Waals surface area contributed by atoms with Crippen molar-refractivity contribution in [2.24, 2.45) is 0 Å². The van der Waals surface area contributed by atoms with Crippen molar-refractivity contribution < 1.29 is 17.9 Å². The van der Waals surface area contributed by atoms with Crippen LogP contribution < -0.4 is 4.74 Å². The fourth-order valence-corrected chi connectivity index (χ4v) is 4.17. The number of ether oxygens (including phenoxy) is 1. The first kappa shape index (κ1) is 17.7. The number of hydrogen-bond acceptors (Lipinski definition) is 4. The lowest BCUT2D eigenvalue weighted by molar-refractivity contribution is -0.131. The Morgan fingerprint density at radius 2 is 2.00 bits per heavy atom. The number of hydrogen-bond donors (Lipinski definition) is 0. The zero-order valence-corrected chi connectivity index (χ0v) is 14.5. The molecule has 0 N–H and O–H groups in total. The van der Waals surface area contributed by atoms with Gasteiger partial charge in [0.15, 0.2) is 0 Å². The van der Waals surface area contributed by atoms with Crippen LogP contribution in [-0.2, 0) is 14.8 Å². The average molecular weight is 340 g/mol. The molecule has 1 aromatic rings. The van der Waals surface area contributed by atoms with Crippen molar-refractivity contribution in [3.63, 3.8) is 0 Å². The van der Waals surface area contributed by atoms with Crippen molar-refractivity contribution in [3.8, 4) is 5.75 Å². The molecule has 1 saturated heterocycles. The molecule has 23 heavy (non-hydrogen) atoms. The second-order valence-corrected chi connectivity index (χ2v) is 7.51. The Kier molecular flexibility index (Phi) is 6.01. The van der Waals surface area contributed by atoms with E-state index in [1.54, 1.807) is 23.1 Å². The second kappa shape index (κ2) is 7.79. The van der Waals surface area contributed by atoms with Gasteiger partial charge in [-0.1, -0.05) is 13.0 Å². The largest absolute Gasteiger partial charge is 0.497 e. The second-order valence-electron chi connectivity index (χ2n) is 5.57. The maximum Gasteiger partial charge on any atom is 0.243 e. The Morgan fingerprint density at radius 3 is 2.70 bits per heavy atom. The van der Waals surface area contributed by atoms with E-state index in [1.165, 1.54) is 17.5 Å². The standard InChI is InChI=1S/C16H24N2O4S/c1-3-6-16(19)17-9-5-10-18(12-11-17)23(20,21)15-8-4-7-14(13-15)22-2/h4,7-8,13H,3,5-6,9-12H2,1-2H3. The van der Waals surface area contributed by atoms with Gasteiger partial charge in [0.1, 0.15) is 5.75 Å². The number of methoxy groups -OCH3 is 1.